The molecule has 2 aromatic rings. The number of carbonyl (C=O) groups excluding carboxylic acids is 1. The van der Waals surface area contributed by atoms with Gasteiger partial charge in [-0.2, -0.15) is 4.52 Å². The summed E-state index contributed by atoms with van der Waals surface area (Å²) in [5.74, 6) is 2.03. The highest BCUT2D eigenvalue weighted by molar-refractivity contribution is 5.74. The molecule has 0 radical (unpaired) electrons. The molecule has 2 aliphatic rings. The van der Waals surface area contributed by atoms with Gasteiger partial charge in [0.25, 0.3) is 0 Å². The number of piperidine rings is 1. The van der Waals surface area contributed by atoms with Gasteiger partial charge in [-0.3, -0.25) is 0 Å². The molecule has 4 heterocycles. The summed E-state index contributed by atoms with van der Waals surface area (Å²) in [6, 6.07) is 4.01. The van der Waals surface area contributed by atoms with Crippen LogP contribution in [0.4, 0.5) is 10.6 Å². The smallest absolute Gasteiger partial charge is 0.320 e. The first kappa shape index (κ1) is 17.0. The molecule has 9 heteroatoms. The van der Waals surface area contributed by atoms with E-state index in [2.05, 4.69) is 15.3 Å². The largest absolute Gasteiger partial charge is 0.378 e. The van der Waals surface area contributed by atoms with E-state index in [-0.39, 0.29) is 11.9 Å². The molecule has 0 spiro atoms. The molecule has 2 amide bonds. The molecule has 0 atom stereocenters. The topological polar surface area (TPSA) is 79.1 Å². The normalized spacial score (nSPS) is 19.2. The van der Waals surface area contributed by atoms with Gasteiger partial charge in [0, 0.05) is 46.2 Å². The monoisotopic (exact) mass is 359 g/mol. The first-order valence-electron chi connectivity index (χ1n) is 9.15. The van der Waals surface area contributed by atoms with Crippen LogP contribution < -0.4 is 4.90 Å². The van der Waals surface area contributed by atoms with Crippen molar-refractivity contribution in [1.29, 1.82) is 0 Å². The van der Waals surface area contributed by atoms with E-state index >= 15 is 0 Å². The van der Waals surface area contributed by atoms with E-state index in [1.54, 1.807) is 0 Å². The standard InChI is InChI=1S/C17H25N7O2/c1-21(2)15-4-3-14-18-19-16(24(14)20-15)13-5-7-22(8-6-13)17(25)23-9-11-26-12-10-23/h3-4,13H,5-12H2,1-2H3. The quantitative estimate of drug-likeness (QED) is 0.790. The zero-order valence-corrected chi connectivity index (χ0v) is 15.3. The lowest BCUT2D eigenvalue weighted by Gasteiger charge is -2.36. The third-order valence-corrected chi connectivity index (χ3v) is 5.14. The maximum absolute atomic E-state index is 12.6. The maximum atomic E-state index is 12.6. The van der Waals surface area contributed by atoms with Crippen LogP contribution in [0.1, 0.15) is 24.6 Å². The van der Waals surface area contributed by atoms with E-state index < -0.39 is 0 Å². The highest BCUT2D eigenvalue weighted by atomic mass is 16.5. The Morgan fingerprint density at radius 3 is 2.46 bits per heavy atom. The summed E-state index contributed by atoms with van der Waals surface area (Å²) in [6.45, 7) is 4.11. The van der Waals surface area contributed by atoms with Gasteiger partial charge < -0.3 is 19.4 Å². The van der Waals surface area contributed by atoms with Crippen molar-refractivity contribution in [1.82, 2.24) is 29.6 Å². The molecule has 0 unspecified atom stereocenters. The summed E-state index contributed by atoms with van der Waals surface area (Å²) in [5, 5.41) is 13.3. The summed E-state index contributed by atoms with van der Waals surface area (Å²) in [6.07, 6.45) is 1.76. The van der Waals surface area contributed by atoms with Gasteiger partial charge in [0.2, 0.25) is 0 Å². The Kier molecular flexibility index (Phi) is 4.62. The first-order chi connectivity index (χ1) is 12.6. The minimum Gasteiger partial charge on any atom is -0.378 e. The van der Waals surface area contributed by atoms with Crippen LogP contribution in [0, 0.1) is 0 Å². The molecule has 0 aliphatic carbocycles. The van der Waals surface area contributed by atoms with E-state index in [0.717, 1.165) is 43.2 Å². The predicted molar refractivity (Wildman–Crippen MR) is 96.4 cm³/mol. The molecule has 2 aromatic heterocycles. The molecule has 2 saturated heterocycles. The van der Waals surface area contributed by atoms with Crippen LogP contribution in [0.2, 0.25) is 0 Å². The van der Waals surface area contributed by atoms with Gasteiger partial charge in [-0.15, -0.1) is 15.3 Å². The molecule has 0 aromatic carbocycles. The molecule has 0 saturated carbocycles. The summed E-state index contributed by atoms with van der Waals surface area (Å²) in [5.41, 5.74) is 0.762. The Morgan fingerprint density at radius 2 is 1.77 bits per heavy atom. The first-order valence-corrected chi connectivity index (χ1v) is 9.15. The van der Waals surface area contributed by atoms with E-state index in [9.17, 15) is 4.79 Å². The number of hydrogen-bond acceptors (Lipinski definition) is 6. The highest BCUT2D eigenvalue weighted by Crippen LogP contribution is 2.27. The van der Waals surface area contributed by atoms with Crippen molar-refractivity contribution in [3.63, 3.8) is 0 Å². The molecule has 0 N–H and O–H groups in total. The molecule has 0 bridgehead atoms. The fourth-order valence-electron chi connectivity index (χ4n) is 3.57. The van der Waals surface area contributed by atoms with E-state index in [0.29, 0.717) is 26.3 Å². The highest BCUT2D eigenvalue weighted by Gasteiger charge is 2.30. The van der Waals surface area contributed by atoms with Crippen LogP contribution in [0.25, 0.3) is 5.65 Å². The second-order valence-electron chi connectivity index (χ2n) is 7.06. The second kappa shape index (κ2) is 7.06. The lowest BCUT2D eigenvalue weighted by atomic mass is 9.96. The van der Waals surface area contributed by atoms with Crippen LogP contribution in [-0.2, 0) is 4.74 Å². The Balaban J connectivity index is 1.45. The molecule has 4 rings (SSSR count). The van der Waals surface area contributed by atoms with Gasteiger partial charge in [-0.05, 0) is 25.0 Å². The van der Waals surface area contributed by atoms with Crippen molar-refractivity contribution in [3.05, 3.63) is 18.0 Å². The molecule has 2 aliphatic heterocycles. The number of ether oxygens (including phenoxy) is 1. The Labute approximate surface area is 152 Å². The number of urea groups is 1. The maximum Gasteiger partial charge on any atom is 0.320 e. The van der Waals surface area contributed by atoms with Crippen molar-refractivity contribution >= 4 is 17.5 Å². The third-order valence-electron chi connectivity index (χ3n) is 5.14. The van der Waals surface area contributed by atoms with Crippen molar-refractivity contribution in [2.75, 3.05) is 58.4 Å². The second-order valence-corrected chi connectivity index (χ2v) is 7.06. The fourth-order valence-corrected chi connectivity index (χ4v) is 3.57. The van der Waals surface area contributed by atoms with Gasteiger partial charge in [0.05, 0.1) is 13.2 Å². The minimum atomic E-state index is 0.130. The van der Waals surface area contributed by atoms with Crippen LogP contribution in [0.3, 0.4) is 0 Å². The third kappa shape index (κ3) is 3.18. The van der Waals surface area contributed by atoms with Crippen LogP contribution in [0.5, 0.6) is 0 Å². The van der Waals surface area contributed by atoms with E-state index in [1.165, 1.54) is 0 Å². The van der Waals surface area contributed by atoms with Gasteiger partial charge in [0.15, 0.2) is 11.5 Å². The molecule has 26 heavy (non-hydrogen) atoms. The van der Waals surface area contributed by atoms with Gasteiger partial charge in [0.1, 0.15) is 5.82 Å². The molecular formula is C17H25N7O2. The molecule has 2 fully saturated rings. The predicted octanol–water partition coefficient (Wildman–Crippen LogP) is 0.822. The van der Waals surface area contributed by atoms with Crippen molar-refractivity contribution in [3.8, 4) is 0 Å². The average molecular weight is 359 g/mol. The van der Waals surface area contributed by atoms with Gasteiger partial charge >= 0.3 is 6.03 Å². The lowest BCUT2D eigenvalue weighted by Crippen LogP contribution is -2.50. The average Bonchev–Trinajstić information content (AvgIpc) is 3.11. The number of morpholine rings is 1. The number of nitrogens with zero attached hydrogens (tertiary/aromatic N) is 7. The Bertz CT molecular complexity index is 777. The number of rotatable bonds is 2. The van der Waals surface area contributed by atoms with Crippen LogP contribution in [-0.4, -0.2) is 89.1 Å². The summed E-state index contributed by atoms with van der Waals surface area (Å²) in [7, 11) is 3.93. The zero-order valence-electron chi connectivity index (χ0n) is 15.3. The number of amides is 2. The fraction of sp³-hybridized carbons (Fsp3) is 0.647. The summed E-state index contributed by atoms with van der Waals surface area (Å²) < 4.78 is 7.18. The number of aromatic nitrogens is 4. The number of likely N-dealkylation sites (tertiary alicyclic amines) is 1. The number of hydrogen-bond donors (Lipinski definition) is 0. The van der Waals surface area contributed by atoms with Crippen LogP contribution in [0.15, 0.2) is 12.1 Å². The van der Waals surface area contributed by atoms with E-state index in [1.807, 2.05) is 45.4 Å². The zero-order chi connectivity index (χ0) is 18.1. The Hall–Kier alpha value is -2.42. The van der Waals surface area contributed by atoms with Gasteiger partial charge in [-0.1, -0.05) is 0 Å². The molecular weight excluding hydrogens is 334 g/mol. The minimum absolute atomic E-state index is 0.130. The molecule has 140 valence electrons. The molecule has 9 nitrogen and oxygen atoms in total. The summed E-state index contributed by atoms with van der Waals surface area (Å²) in [4.78, 5) is 18.4. The van der Waals surface area contributed by atoms with Crippen molar-refractivity contribution < 1.29 is 9.53 Å². The van der Waals surface area contributed by atoms with Crippen LogP contribution >= 0.6 is 0 Å². The number of carbonyl (C=O) groups is 1. The Morgan fingerprint density at radius 1 is 1.08 bits per heavy atom. The van der Waals surface area contributed by atoms with Gasteiger partial charge in [-0.25, -0.2) is 4.79 Å². The lowest BCUT2D eigenvalue weighted by molar-refractivity contribution is 0.0410. The number of anilines is 1. The van der Waals surface area contributed by atoms with Crippen molar-refractivity contribution in [2.24, 2.45) is 0 Å². The number of fused-ring (bicyclic) bond motifs is 1. The van der Waals surface area contributed by atoms with Crippen molar-refractivity contribution in [2.45, 2.75) is 18.8 Å². The SMILES string of the molecule is CN(C)c1ccc2nnc(C3CCN(C(=O)N4CCOCC4)CC3)n2n1. The summed E-state index contributed by atoms with van der Waals surface area (Å²) >= 11 is 0. The van der Waals surface area contributed by atoms with E-state index in [4.69, 9.17) is 4.74 Å².